The molecule has 0 bridgehead atoms. The molecule has 0 aliphatic heterocycles. The molecule has 0 atom stereocenters. The minimum absolute atomic E-state index is 0.186. The maximum absolute atomic E-state index is 11.7. The molecule has 0 spiro atoms. The Bertz CT molecular complexity index is 657. The van der Waals surface area contributed by atoms with E-state index in [1.165, 1.54) is 6.08 Å². The Morgan fingerprint density at radius 3 is 2.90 bits per heavy atom. The van der Waals surface area contributed by atoms with E-state index in [0.29, 0.717) is 11.5 Å². The monoisotopic (exact) mass is 269 g/mol. The number of nitrogens with one attached hydrogen (secondary N) is 1. The SMILES string of the molecule is CC=CC=CC(=O)Nc1cccc(-n2nnnc2C)c1. The summed E-state index contributed by atoms with van der Waals surface area (Å²) < 4.78 is 1.60. The molecule has 0 saturated carbocycles. The number of anilines is 1. The molecular formula is C14H15N5O. The Morgan fingerprint density at radius 1 is 1.35 bits per heavy atom. The van der Waals surface area contributed by atoms with Gasteiger partial charge in [0.1, 0.15) is 0 Å². The quantitative estimate of drug-likeness (QED) is 0.681. The Kier molecular flexibility index (Phi) is 4.39. The van der Waals surface area contributed by atoms with E-state index in [2.05, 4.69) is 20.8 Å². The minimum Gasteiger partial charge on any atom is -0.322 e. The highest BCUT2D eigenvalue weighted by molar-refractivity contribution is 5.99. The molecule has 102 valence electrons. The third kappa shape index (κ3) is 3.38. The summed E-state index contributed by atoms with van der Waals surface area (Å²) in [6.07, 6.45) is 6.80. The fraction of sp³-hybridized carbons (Fsp3) is 0.143. The molecule has 1 aromatic heterocycles. The lowest BCUT2D eigenvalue weighted by Crippen LogP contribution is -2.08. The number of benzene rings is 1. The molecule has 1 aromatic carbocycles. The first-order chi connectivity index (χ1) is 9.70. The summed E-state index contributed by atoms with van der Waals surface area (Å²) in [6.45, 7) is 3.70. The van der Waals surface area contributed by atoms with Crippen LogP contribution in [0.15, 0.2) is 48.6 Å². The third-order valence-electron chi connectivity index (χ3n) is 2.53. The lowest BCUT2D eigenvalue weighted by atomic mass is 10.2. The van der Waals surface area contributed by atoms with E-state index >= 15 is 0 Å². The number of carbonyl (C=O) groups is 1. The first-order valence-electron chi connectivity index (χ1n) is 6.16. The van der Waals surface area contributed by atoms with E-state index in [-0.39, 0.29) is 5.91 Å². The van der Waals surface area contributed by atoms with Gasteiger partial charge in [-0.3, -0.25) is 4.79 Å². The Hall–Kier alpha value is -2.76. The molecule has 20 heavy (non-hydrogen) atoms. The van der Waals surface area contributed by atoms with Gasteiger partial charge < -0.3 is 5.32 Å². The van der Waals surface area contributed by atoms with E-state index in [9.17, 15) is 4.79 Å². The van der Waals surface area contributed by atoms with Gasteiger partial charge in [-0.1, -0.05) is 24.3 Å². The smallest absolute Gasteiger partial charge is 0.248 e. The number of allylic oxidation sites excluding steroid dienone is 3. The zero-order valence-corrected chi connectivity index (χ0v) is 11.3. The number of hydrogen-bond acceptors (Lipinski definition) is 4. The van der Waals surface area contributed by atoms with Crippen molar-refractivity contribution in [2.45, 2.75) is 13.8 Å². The van der Waals surface area contributed by atoms with Crippen LogP contribution in [-0.4, -0.2) is 26.1 Å². The minimum atomic E-state index is -0.186. The van der Waals surface area contributed by atoms with E-state index in [4.69, 9.17) is 0 Å². The van der Waals surface area contributed by atoms with Crippen LogP contribution in [0.5, 0.6) is 0 Å². The molecule has 1 amide bonds. The topological polar surface area (TPSA) is 72.7 Å². The van der Waals surface area contributed by atoms with Crippen molar-refractivity contribution in [1.29, 1.82) is 0 Å². The number of amides is 1. The fourth-order valence-corrected chi connectivity index (χ4v) is 1.62. The maximum atomic E-state index is 11.7. The van der Waals surface area contributed by atoms with Crippen LogP contribution in [0.4, 0.5) is 5.69 Å². The molecule has 0 unspecified atom stereocenters. The van der Waals surface area contributed by atoms with Crippen molar-refractivity contribution in [2.75, 3.05) is 5.32 Å². The average Bonchev–Trinajstić information content (AvgIpc) is 2.85. The largest absolute Gasteiger partial charge is 0.322 e. The van der Waals surface area contributed by atoms with Crippen LogP contribution >= 0.6 is 0 Å². The molecule has 2 rings (SSSR count). The van der Waals surface area contributed by atoms with Crippen LogP contribution in [0.3, 0.4) is 0 Å². The number of nitrogens with zero attached hydrogens (tertiary/aromatic N) is 4. The molecule has 0 aliphatic carbocycles. The zero-order chi connectivity index (χ0) is 14.4. The van der Waals surface area contributed by atoms with E-state index in [1.807, 2.05) is 44.2 Å². The summed E-state index contributed by atoms with van der Waals surface area (Å²) in [7, 11) is 0. The van der Waals surface area contributed by atoms with Gasteiger partial charge in [0.15, 0.2) is 5.82 Å². The molecule has 6 heteroatoms. The van der Waals surface area contributed by atoms with Crippen molar-refractivity contribution >= 4 is 11.6 Å². The summed E-state index contributed by atoms with van der Waals surface area (Å²) in [4.78, 5) is 11.7. The first-order valence-corrected chi connectivity index (χ1v) is 6.16. The normalized spacial score (nSPS) is 11.3. The molecule has 0 saturated heterocycles. The predicted octanol–water partition coefficient (Wildman–Crippen LogP) is 2.04. The first kappa shape index (κ1) is 13.7. The lowest BCUT2D eigenvalue weighted by molar-refractivity contribution is -0.111. The molecule has 6 nitrogen and oxygen atoms in total. The Morgan fingerprint density at radius 2 is 2.20 bits per heavy atom. The van der Waals surface area contributed by atoms with Crippen LogP contribution in [-0.2, 0) is 4.79 Å². The van der Waals surface area contributed by atoms with Crippen molar-refractivity contribution in [3.05, 3.63) is 54.4 Å². The van der Waals surface area contributed by atoms with Crippen molar-refractivity contribution in [1.82, 2.24) is 20.2 Å². The number of aryl methyl sites for hydroxylation is 1. The van der Waals surface area contributed by atoms with Gasteiger partial charge in [-0.2, -0.15) is 4.68 Å². The van der Waals surface area contributed by atoms with Crippen LogP contribution in [0, 0.1) is 6.92 Å². The third-order valence-corrected chi connectivity index (χ3v) is 2.53. The zero-order valence-electron chi connectivity index (χ0n) is 11.3. The standard InChI is InChI=1S/C14H15N5O/c1-3-4-5-9-14(20)15-12-7-6-8-13(10-12)19-11(2)16-17-18-19/h3-10H,1-2H3,(H,15,20). The highest BCUT2D eigenvalue weighted by Crippen LogP contribution is 2.14. The highest BCUT2D eigenvalue weighted by atomic mass is 16.1. The van der Waals surface area contributed by atoms with Gasteiger partial charge >= 0.3 is 0 Å². The van der Waals surface area contributed by atoms with E-state index in [1.54, 1.807) is 16.8 Å². The van der Waals surface area contributed by atoms with Gasteiger partial charge in [0, 0.05) is 11.8 Å². The van der Waals surface area contributed by atoms with Crippen LogP contribution < -0.4 is 5.32 Å². The van der Waals surface area contributed by atoms with Gasteiger partial charge in [0.05, 0.1) is 5.69 Å². The van der Waals surface area contributed by atoms with Crippen molar-refractivity contribution < 1.29 is 4.79 Å². The van der Waals surface area contributed by atoms with E-state index < -0.39 is 0 Å². The molecule has 0 aliphatic rings. The van der Waals surface area contributed by atoms with Gasteiger partial charge in [0.2, 0.25) is 5.91 Å². The molecule has 0 fully saturated rings. The van der Waals surface area contributed by atoms with Gasteiger partial charge in [-0.05, 0) is 42.5 Å². The summed E-state index contributed by atoms with van der Waals surface area (Å²) >= 11 is 0. The van der Waals surface area contributed by atoms with Crippen molar-refractivity contribution in [3.8, 4) is 5.69 Å². The molecule has 1 heterocycles. The summed E-state index contributed by atoms with van der Waals surface area (Å²) in [6, 6.07) is 7.33. The Balaban J connectivity index is 2.15. The van der Waals surface area contributed by atoms with Crippen LogP contribution in [0.2, 0.25) is 0 Å². The molecule has 1 N–H and O–H groups in total. The molecule has 0 radical (unpaired) electrons. The maximum Gasteiger partial charge on any atom is 0.248 e. The second-order valence-electron chi connectivity index (χ2n) is 4.06. The number of rotatable bonds is 4. The van der Waals surface area contributed by atoms with E-state index in [0.717, 1.165) is 5.69 Å². The van der Waals surface area contributed by atoms with Gasteiger partial charge in [0.25, 0.3) is 0 Å². The number of tetrazole rings is 1. The predicted molar refractivity (Wildman–Crippen MR) is 76.5 cm³/mol. The van der Waals surface area contributed by atoms with Crippen molar-refractivity contribution in [3.63, 3.8) is 0 Å². The number of aromatic nitrogens is 4. The lowest BCUT2D eigenvalue weighted by Gasteiger charge is -2.05. The van der Waals surface area contributed by atoms with Gasteiger partial charge in [-0.25, -0.2) is 0 Å². The van der Waals surface area contributed by atoms with Crippen molar-refractivity contribution in [2.24, 2.45) is 0 Å². The highest BCUT2D eigenvalue weighted by Gasteiger charge is 2.05. The van der Waals surface area contributed by atoms with Gasteiger partial charge in [-0.15, -0.1) is 5.10 Å². The second-order valence-corrected chi connectivity index (χ2v) is 4.06. The second kappa shape index (κ2) is 6.42. The number of hydrogen-bond donors (Lipinski definition) is 1. The Labute approximate surface area is 116 Å². The fourth-order valence-electron chi connectivity index (χ4n) is 1.62. The van der Waals surface area contributed by atoms with Crippen LogP contribution in [0.25, 0.3) is 5.69 Å². The molecule has 2 aromatic rings. The summed E-state index contributed by atoms with van der Waals surface area (Å²) in [5.41, 5.74) is 1.48. The molecular weight excluding hydrogens is 254 g/mol. The van der Waals surface area contributed by atoms with Crippen LogP contribution in [0.1, 0.15) is 12.7 Å². The average molecular weight is 269 g/mol. The summed E-state index contributed by atoms with van der Waals surface area (Å²) in [5, 5.41) is 14.1. The number of carbonyl (C=O) groups excluding carboxylic acids is 1. The summed E-state index contributed by atoms with van der Waals surface area (Å²) in [5.74, 6) is 0.496.